The van der Waals surface area contributed by atoms with Crippen molar-refractivity contribution in [2.75, 3.05) is 26.2 Å². The fraction of sp³-hybridized carbons (Fsp3) is 1.00. The van der Waals surface area contributed by atoms with Gasteiger partial charge < -0.3 is 5.32 Å². The van der Waals surface area contributed by atoms with Gasteiger partial charge in [-0.2, -0.15) is 0 Å². The predicted octanol–water partition coefficient (Wildman–Crippen LogP) is 0.936. The molecule has 0 aromatic heterocycles. The van der Waals surface area contributed by atoms with Crippen LogP contribution in [0.3, 0.4) is 0 Å². The Kier molecular flexibility index (Phi) is 2.37. The lowest BCUT2D eigenvalue weighted by atomic mass is 10.2. The first-order valence-corrected chi connectivity index (χ1v) is 5.22. The number of hydrogen-bond acceptors (Lipinski definition) is 2. The molecule has 1 saturated heterocycles. The first-order chi connectivity index (χ1) is 5.77. The van der Waals surface area contributed by atoms with Crippen molar-refractivity contribution in [2.24, 2.45) is 11.8 Å². The number of rotatable bonds is 1. The summed E-state index contributed by atoms with van der Waals surface area (Å²) < 4.78 is 0. The van der Waals surface area contributed by atoms with E-state index < -0.39 is 0 Å². The first kappa shape index (κ1) is 8.52. The molecule has 1 N–H and O–H groups in total. The molecule has 0 spiro atoms. The van der Waals surface area contributed by atoms with E-state index in [1.807, 2.05) is 0 Å². The quantitative estimate of drug-likeness (QED) is 0.627. The maximum Gasteiger partial charge on any atom is 0.0125 e. The van der Waals surface area contributed by atoms with Gasteiger partial charge in [0.2, 0.25) is 0 Å². The highest BCUT2D eigenvalue weighted by Crippen LogP contribution is 2.35. The van der Waals surface area contributed by atoms with Gasteiger partial charge >= 0.3 is 0 Å². The van der Waals surface area contributed by atoms with E-state index in [4.69, 9.17) is 0 Å². The van der Waals surface area contributed by atoms with Gasteiger partial charge in [-0.1, -0.05) is 13.8 Å². The molecule has 2 aliphatic rings. The minimum Gasteiger partial charge on any atom is -0.315 e. The van der Waals surface area contributed by atoms with Crippen LogP contribution in [-0.2, 0) is 0 Å². The molecular weight excluding hydrogens is 148 g/mol. The summed E-state index contributed by atoms with van der Waals surface area (Å²) in [5, 5.41) is 3.48. The van der Waals surface area contributed by atoms with Gasteiger partial charge in [0.1, 0.15) is 0 Å². The minimum atomic E-state index is 0.834. The topological polar surface area (TPSA) is 15.3 Å². The molecular formula is C10H20N2. The van der Waals surface area contributed by atoms with Gasteiger partial charge in [0.25, 0.3) is 0 Å². The van der Waals surface area contributed by atoms with Crippen LogP contribution in [0, 0.1) is 11.8 Å². The van der Waals surface area contributed by atoms with Crippen molar-refractivity contribution < 1.29 is 0 Å². The Bertz CT molecular complexity index is 158. The van der Waals surface area contributed by atoms with Gasteiger partial charge in [0, 0.05) is 25.7 Å². The molecule has 1 heterocycles. The second-order valence-electron chi connectivity index (χ2n) is 4.58. The van der Waals surface area contributed by atoms with E-state index in [2.05, 4.69) is 24.1 Å². The van der Waals surface area contributed by atoms with Crippen molar-refractivity contribution in [1.82, 2.24) is 10.2 Å². The normalized spacial score (nSPS) is 44.0. The first-order valence-electron chi connectivity index (χ1n) is 5.22. The monoisotopic (exact) mass is 168 g/mol. The van der Waals surface area contributed by atoms with Crippen LogP contribution in [0.2, 0.25) is 0 Å². The van der Waals surface area contributed by atoms with E-state index in [1.54, 1.807) is 0 Å². The Labute approximate surface area is 75.3 Å². The summed E-state index contributed by atoms with van der Waals surface area (Å²) >= 11 is 0. The van der Waals surface area contributed by atoms with E-state index in [0.29, 0.717) is 0 Å². The molecule has 0 bridgehead atoms. The van der Waals surface area contributed by atoms with E-state index in [-0.39, 0.29) is 0 Å². The molecule has 0 aromatic rings. The number of nitrogens with one attached hydrogen (secondary N) is 1. The third kappa shape index (κ3) is 1.80. The molecule has 2 fully saturated rings. The van der Waals surface area contributed by atoms with Gasteiger partial charge in [-0.05, 0) is 24.8 Å². The van der Waals surface area contributed by atoms with E-state index >= 15 is 0 Å². The third-order valence-electron chi connectivity index (χ3n) is 3.15. The average molecular weight is 168 g/mol. The molecule has 1 saturated carbocycles. The lowest BCUT2D eigenvalue weighted by Gasteiger charge is -2.21. The fourth-order valence-corrected chi connectivity index (χ4v) is 2.24. The molecule has 2 heteroatoms. The summed E-state index contributed by atoms with van der Waals surface area (Å²) in [5.41, 5.74) is 0. The third-order valence-corrected chi connectivity index (χ3v) is 3.15. The maximum absolute atomic E-state index is 3.48. The van der Waals surface area contributed by atoms with E-state index in [0.717, 1.165) is 17.9 Å². The van der Waals surface area contributed by atoms with Crippen molar-refractivity contribution in [2.45, 2.75) is 26.3 Å². The Balaban J connectivity index is 1.87. The predicted molar refractivity (Wildman–Crippen MR) is 51.2 cm³/mol. The SMILES string of the molecule is C[C@@H]1CNCCN([C@H]2C[C@@H]2C)C1. The molecule has 2 rings (SSSR count). The number of nitrogens with zero attached hydrogens (tertiary/aromatic N) is 1. The van der Waals surface area contributed by atoms with Crippen LogP contribution < -0.4 is 5.32 Å². The molecule has 3 atom stereocenters. The lowest BCUT2D eigenvalue weighted by Crippen LogP contribution is -2.32. The molecule has 1 aliphatic heterocycles. The minimum absolute atomic E-state index is 0.834. The van der Waals surface area contributed by atoms with Gasteiger partial charge in [-0.3, -0.25) is 4.90 Å². The van der Waals surface area contributed by atoms with E-state index in [1.165, 1.54) is 32.6 Å². The van der Waals surface area contributed by atoms with Crippen LogP contribution in [0.1, 0.15) is 20.3 Å². The second-order valence-corrected chi connectivity index (χ2v) is 4.58. The van der Waals surface area contributed by atoms with Gasteiger partial charge in [0.15, 0.2) is 0 Å². The molecule has 0 aromatic carbocycles. The van der Waals surface area contributed by atoms with Crippen molar-refractivity contribution in [3.05, 3.63) is 0 Å². The molecule has 2 nitrogen and oxygen atoms in total. The van der Waals surface area contributed by atoms with Crippen molar-refractivity contribution >= 4 is 0 Å². The second kappa shape index (κ2) is 3.35. The molecule has 0 unspecified atom stereocenters. The van der Waals surface area contributed by atoms with Crippen LogP contribution in [0.4, 0.5) is 0 Å². The smallest absolute Gasteiger partial charge is 0.0125 e. The Morgan fingerprint density at radius 3 is 2.75 bits per heavy atom. The zero-order valence-corrected chi connectivity index (χ0v) is 8.21. The average Bonchev–Trinajstić information content (AvgIpc) is 2.75. The molecule has 70 valence electrons. The Hall–Kier alpha value is -0.0800. The van der Waals surface area contributed by atoms with Crippen LogP contribution in [0.25, 0.3) is 0 Å². The lowest BCUT2D eigenvalue weighted by molar-refractivity contribution is 0.246. The van der Waals surface area contributed by atoms with Crippen molar-refractivity contribution in [3.8, 4) is 0 Å². The summed E-state index contributed by atoms with van der Waals surface area (Å²) in [6, 6.07) is 0.923. The van der Waals surface area contributed by atoms with Crippen LogP contribution in [0.15, 0.2) is 0 Å². The highest BCUT2D eigenvalue weighted by molar-refractivity contribution is 4.93. The maximum atomic E-state index is 3.48. The summed E-state index contributed by atoms with van der Waals surface area (Å²) in [7, 11) is 0. The van der Waals surface area contributed by atoms with Gasteiger partial charge in [-0.25, -0.2) is 0 Å². The van der Waals surface area contributed by atoms with Crippen LogP contribution >= 0.6 is 0 Å². The highest BCUT2D eigenvalue weighted by Gasteiger charge is 2.38. The largest absolute Gasteiger partial charge is 0.315 e. The molecule has 0 radical (unpaired) electrons. The summed E-state index contributed by atoms with van der Waals surface area (Å²) in [4.78, 5) is 2.68. The summed E-state index contributed by atoms with van der Waals surface area (Å²) in [6.07, 6.45) is 1.44. The summed E-state index contributed by atoms with van der Waals surface area (Å²) in [5.74, 6) is 1.80. The fourth-order valence-electron chi connectivity index (χ4n) is 2.24. The van der Waals surface area contributed by atoms with Gasteiger partial charge in [-0.15, -0.1) is 0 Å². The van der Waals surface area contributed by atoms with Gasteiger partial charge in [0.05, 0.1) is 0 Å². The Morgan fingerprint density at radius 2 is 2.08 bits per heavy atom. The molecule has 0 amide bonds. The highest BCUT2D eigenvalue weighted by atomic mass is 15.2. The van der Waals surface area contributed by atoms with Crippen LogP contribution in [-0.4, -0.2) is 37.1 Å². The molecule has 12 heavy (non-hydrogen) atoms. The van der Waals surface area contributed by atoms with Crippen LogP contribution in [0.5, 0.6) is 0 Å². The van der Waals surface area contributed by atoms with Crippen molar-refractivity contribution in [1.29, 1.82) is 0 Å². The number of hydrogen-bond donors (Lipinski definition) is 1. The zero-order chi connectivity index (χ0) is 8.55. The molecule has 1 aliphatic carbocycles. The Morgan fingerprint density at radius 1 is 1.33 bits per heavy atom. The zero-order valence-electron chi connectivity index (χ0n) is 8.21. The van der Waals surface area contributed by atoms with E-state index in [9.17, 15) is 0 Å². The summed E-state index contributed by atoms with van der Waals surface area (Å²) in [6.45, 7) is 9.68. The van der Waals surface area contributed by atoms with Crippen molar-refractivity contribution in [3.63, 3.8) is 0 Å². The standard InChI is InChI=1S/C10H20N2/c1-8-6-11-3-4-12(7-8)10-5-9(10)2/h8-11H,3-7H2,1-2H3/t8-,9+,10+/m1/s1.